The van der Waals surface area contributed by atoms with Gasteiger partial charge in [-0.05, 0) is 0 Å². The van der Waals surface area contributed by atoms with Crippen LogP contribution in [0, 0.1) is 3.57 Å². The molecule has 8 nitrogen and oxygen atoms in total. The van der Waals surface area contributed by atoms with Crippen molar-refractivity contribution in [2.45, 2.75) is 0 Å². The van der Waals surface area contributed by atoms with Gasteiger partial charge in [-0.15, -0.1) is 0 Å². The molecule has 188 valence electrons. The molecule has 0 spiro atoms. The summed E-state index contributed by atoms with van der Waals surface area (Å²) in [6, 6.07) is 12.4. The van der Waals surface area contributed by atoms with Crippen molar-refractivity contribution in [1.82, 2.24) is 34.8 Å². The van der Waals surface area contributed by atoms with Crippen molar-refractivity contribution in [3.05, 3.63) is 81.6 Å². The normalized spacial score (nSPS) is 14.4. The summed E-state index contributed by atoms with van der Waals surface area (Å²) in [7, 11) is 0. The van der Waals surface area contributed by atoms with Crippen LogP contribution in [0.3, 0.4) is 0 Å². The van der Waals surface area contributed by atoms with Gasteiger partial charge in [-0.3, -0.25) is 4.90 Å². The summed E-state index contributed by atoms with van der Waals surface area (Å²) in [5, 5.41) is 9.07. The van der Waals surface area contributed by atoms with Gasteiger partial charge in [0.1, 0.15) is 6.61 Å². The van der Waals surface area contributed by atoms with Crippen molar-refractivity contribution in [1.29, 1.82) is 0 Å². The summed E-state index contributed by atoms with van der Waals surface area (Å²) in [6.45, 7) is 9.65. The molecule has 1 aliphatic rings. The summed E-state index contributed by atoms with van der Waals surface area (Å²) in [5.41, 5.74) is 5.76. The molecule has 0 amide bonds. The Morgan fingerprint density at radius 3 is 2.70 bits per heavy atom. The van der Waals surface area contributed by atoms with Crippen molar-refractivity contribution in [3.63, 3.8) is 0 Å². The zero-order valence-corrected chi connectivity index (χ0v) is 22.5. The number of hydrogen-bond donors (Lipinski definition) is 1. The van der Waals surface area contributed by atoms with Gasteiger partial charge < -0.3 is 10.1 Å². The molecule has 6 rings (SSSR count). The van der Waals surface area contributed by atoms with Gasteiger partial charge >= 0.3 is 155 Å². The predicted octanol–water partition coefficient (Wildman–Crippen LogP) is 0.693. The van der Waals surface area contributed by atoms with Gasteiger partial charge in [0.15, 0.2) is 0 Å². The Morgan fingerprint density at radius 2 is 1.86 bits per heavy atom. The van der Waals surface area contributed by atoms with Crippen molar-refractivity contribution in [2.24, 2.45) is 0 Å². The van der Waals surface area contributed by atoms with Crippen LogP contribution in [0.25, 0.3) is 38.8 Å². The number of nitrogens with one attached hydrogen (secondary N) is 1. The molecule has 0 aliphatic carbocycles. The molecule has 1 fully saturated rings. The summed E-state index contributed by atoms with van der Waals surface area (Å²) in [4.78, 5) is 16.3. The predicted molar refractivity (Wildman–Crippen MR) is 141 cm³/mol. The Kier molecular flexibility index (Phi) is 7.07. The van der Waals surface area contributed by atoms with Gasteiger partial charge in [0.2, 0.25) is 5.88 Å². The minimum atomic E-state index is -0.187. The Bertz CT molecular complexity index is 1540. The molecular formula is C28H27IN7O-. The quantitative estimate of drug-likeness (QED) is 0.261. The van der Waals surface area contributed by atoms with Crippen LogP contribution in [0.5, 0.6) is 5.88 Å². The molecule has 9 heteroatoms. The molecule has 0 unspecified atom stereocenters. The van der Waals surface area contributed by atoms with Gasteiger partial charge in [-0.1, -0.05) is 0 Å². The van der Waals surface area contributed by atoms with E-state index in [0.717, 1.165) is 71.5 Å². The number of pyridine rings is 2. The fourth-order valence-corrected chi connectivity index (χ4v) is 5.95. The molecule has 1 aromatic carbocycles. The van der Waals surface area contributed by atoms with E-state index in [-0.39, 0.29) is 21.2 Å². The van der Waals surface area contributed by atoms with Crippen LogP contribution in [0.4, 0.5) is 0 Å². The first-order chi connectivity index (χ1) is 18.3. The number of piperazine rings is 1. The van der Waals surface area contributed by atoms with E-state index in [1.54, 1.807) is 0 Å². The van der Waals surface area contributed by atoms with Gasteiger partial charge in [-0.2, -0.15) is 0 Å². The topological polar surface area (TPSA) is 80.5 Å². The molecule has 5 aromatic rings. The number of nitrogens with zero attached hydrogens (tertiary/aromatic N) is 6. The second-order valence-corrected chi connectivity index (χ2v) is 11.5. The summed E-state index contributed by atoms with van der Waals surface area (Å²) in [5.74, 6) is 0.636. The first-order valence-corrected chi connectivity index (χ1v) is 14.6. The molecular weight excluding hydrogens is 577 g/mol. The van der Waals surface area contributed by atoms with Crippen LogP contribution in [-0.2, 0) is 0 Å². The van der Waals surface area contributed by atoms with E-state index in [0.29, 0.717) is 12.5 Å². The molecule has 37 heavy (non-hydrogen) atoms. The summed E-state index contributed by atoms with van der Waals surface area (Å²) in [6.07, 6.45) is 9.42. The first kappa shape index (κ1) is 24.0. The second-order valence-electron chi connectivity index (χ2n) is 8.78. The molecule has 1 aliphatic heterocycles. The third-order valence-electron chi connectivity index (χ3n) is 6.49. The third-order valence-corrected chi connectivity index (χ3v) is 8.32. The summed E-state index contributed by atoms with van der Waals surface area (Å²) < 4.78 is 11.0. The third kappa shape index (κ3) is 5.20. The Balaban J connectivity index is 1.20. The van der Waals surface area contributed by atoms with Crippen molar-refractivity contribution >= 4 is 16.6 Å². The molecule has 0 atom stereocenters. The number of hydrogen-bond acceptors (Lipinski definition) is 7. The van der Waals surface area contributed by atoms with E-state index in [2.05, 4.69) is 50.1 Å². The molecule has 1 saturated heterocycles. The first-order valence-electron chi connectivity index (χ1n) is 12.3. The molecule has 4 aromatic heterocycles. The van der Waals surface area contributed by atoms with Crippen molar-refractivity contribution < 1.29 is 25.9 Å². The van der Waals surface area contributed by atoms with Crippen molar-refractivity contribution in [2.75, 3.05) is 39.3 Å². The fourth-order valence-electron chi connectivity index (χ4n) is 4.58. The van der Waals surface area contributed by atoms with Crippen LogP contribution in [0.2, 0.25) is 0 Å². The molecule has 0 saturated carbocycles. The maximum atomic E-state index is 5.86. The zero-order chi connectivity index (χ0) is 25.0. The van der Waals surface area contributed by atoms with Crippen LogP contribution in [0.1, 0.15) is 0 Å². The van der Waals surface area contributed by atoms with E-state index in [1.807, 2.05) is 57.8 Å². The monoisotopic (exact) mass is 604 g/mol. The number of benzene rings is 1. The van der Waals surface area contributed by atoms with Gasteiger partial charge in [-0.25, -0.2) is 4.98 Å². The molecule has 0 radical (unpaired) electrons. The molecule has 5 heterocycles. The Morgan fingerprint density at radius 1 is 0.973 bits per heavy atom. The minimum absolute atomic E-state index is 0.187. The maximum absolute atomic E-state index is 5.86. The number of rotatable bonds is 8. The van der Waals surface area contributed by atoms with E-state index < -0.39 is 0 Å². The average Bonchev–Trinajstić information content (AvgIpc) is 3.37. The van der Waals surface area contributed by atoms with E-state index in [9.17, 15) is 0 Å². The second kappa shape index (κ2) is 10.9. The van der Waals surface area contributed by atoms with E-state index in [1.165, 1.54) is 3.57 Å². The zero-order valence-electron chi connectivity index (χ0n) is 20.3. The van der Waals surface area contributed by atoms with Gasteiger partial charge in [0, 0.05) is 38.8 Å². The number of aromatic nitrogens is 5. The van der Waals surface area contributed by atoms with Crippen LogP contribution in [0.15, 0.2) is 78.0 Å². The fraction of sp³-hybridized carbons (Fsp3) is 0.214. The number of ether oxygens (including phenoxy) is 1. The molecule has 0 bridgehead atoms. The standard InChI is InChI=1S/C28H27IN7O/c1-2-29-22-4-5-24-23(7-8-31-26(24)15-22)25-18-34-36-19-21(17-33-28(25)36)20-3-6-27(32-16-20)37-14-13-35-11-9-30-10-12-35/h2-8,15-19,30H,1,9-14H2/q-1. The number of fused-ring (bicyclic) bond motifs is 2. The van der Waals surface area contributed by atoms with Crippen LogP contribution in [-0.4, -0.2) is 68.8 Å². The summed E-state index contributed by atoms with van der Waals surface area (Å²) >= 11 is -0.187. The van der Waals surface area contributed by atoms with Gasteiger partial charge in [0.05, 0.1) is 0 Å². The van der Waals surface area contributed by atoms with Crippen LogP contribution < -0.4 is 31.3 Å². The van der Waals surface area contributed by atoms with E-state index >= 15 is 0 Å². The Hall–Kier alpha value is -3.41. The molecule has 1 N–H and O–H groups in total. The van der Waals surface area contributed by atoms with Gasteiger partial charge in [0.25, 0.3) is 0 Å². The Labute approximate surface area is 225 Å². The SMILES string of the molecule is C=C[I-]c1ccc2c(-c3cnn4cc(-c5ccc(OCCN6CCNCC6)nc5)cnc34)ccnc2c1. The van der Waals surface area contributed by atoms with E-state index in [4.69, 9.17) is 9.72 Å². The average molecular weight is 604 g/mol. The number of halogens is 1. The van der Waals surface area contributed by atoms with Crippen LogP contribution >= 0.6 is 0 Å². The van der Waals surface area contributed by atoms with Crippen molar-refractivity contribution in [3.8, 4) is 28.1 Å².